The second-order valence-corrected chi connectivity index (χ2v) is 9.75. The highest BCUT2D eigenvalue weighted by Crippen LogP contribution is 2.31. The van der Waals surface area contributed by atoms with Gasteiger partial charge in [-0.25, -0.2) is 19.2 Å². The molecule has 1 aromatic carbocycles. The van der Waals surface area contributed by atoms with E-state index >= 15 is 0 Å². The number of amides is 1. The number of thioether (sulfide) groups is 1. The number of aryl methyl sites for hydroxylation is 1. The third-order valence-corrected chi connectivity index (χ3v) is 5.57. The molecule has 0 aliphatic rings. The van der Waals surface area contributed by atoms with E-state index in [9.17, 15) is 24.0 Å². The molecule has 0 aliphatic carbocycles. The molecule has 36 heavy (non-hydrogen) atoms. The van der Waals surface area contributed by atoms with Crippen LogP contribution >= 0.6 is 11.8 Å². The maximum atomic E-state index is 13.0. The predicted octanol–water partition coefficient (Wildman–Crippen LogP) is 3.55. The van der Waals surface area contributed by atoms with Gasteiger partial charge in [-0.15, -0.1) is 0 Å². The minimum Gasteiger partial charge on any atom is -0.449 e. The summed E-state index contributed by atoms with van der Waals surface area (Å²) in [6.45, 7) is 6.63. The zero-order chi connectivity index (χ0) is 26.9. The molecule has 196 valence electrons. The van der Waals surface area contributed by atoms with Gasteiger partial charge in [0, 0.05) is 0 Å². The third-order valence-electron chi connectivity index (χ3n) is 4.52. The lowest BCUT2D eigenvalue weighted by molar-refractivity contribution is -0.156. The molecule has 2 rings (SSSR count). The lowest BCUT2D eigenvalue weighted by Crippen LogP contribution is -2.54. The highest BCUT2D eigenvalue weighted by atomic mass is 32.2. The van der Waals surface area contributed by atoms with Gasteiger partial charge in [-0.1, -0.05) is 32.0 Å². The van der Waals surface area contributed by atoms with Crippen molar-refractivity contribution >= 4 is 35.1 Å². The van der Waals surface area contributed by atoms with Crippen LogP contribution < -0.4 is 15.9 Å². The average molecular weight is 526 g/mol. The van der Waals surface area contributed by atoms with Crippen LogP contribution in [0.1, 0.15) is 39.2 Å². The topological polar surface area (TPSA) is 161 Å². The molecule has 1 atom stereocenters. The van der Waals surface area contributed by atoms with Crippen LogP contribution in [0.15, 0.2) is 44.0 Å². The summed E-state index contributed by atoms with van der Waals surface area (Å²) in [5.41, 5.74) is 0. The van der Waals surface area contributed by atoms with Crippen molar-refractivity contribution in [3.05, 3.63) is 52.5 Å². The van der Waals surface area contributed by atoms with E-state index in [0.717, 1.165) is 0 Å². The SMILES string of the molecule is Cc1oc(=O)oc1COC(=O)SC(C)(C)[C@@H](NC(=O)OCOC(=O)C(C)C)C(=O)Oc1ccccc1. The summed E-state index contributed by atoms with van der Waals surface area (Å²) in [5, 5.41) is 1.51. The largest absolute Gasteiger partial charge is 0.519 e. The van der Waals surface area contributed by atoms with Gasteiger partial charge in [0.25, 0.3) is 0 Å². The third kappa shape index (κ3) is 8.80. The lowest BCUT2D eigenvalue weighted by atomic mass is 10.0. The fraction of sp³-hybridized carbons (Fsp3) is 0.435. The van der Waals surface area contributed by atoms with E-state index in [-0.39, 0.29) is 23.9 Å². The van der Waals surface area contributed by atoms with Crippen molar-refractivity contribution in [1.29, 1.82) is 0 Å². The van der Waals surface area contributed by atoms with Crippen molar-refractivity contribution in [2.45, 2.75) is 52.0 Å². The number of esters is 2. The van der Waals surface area contributed by atoms with E-state index in [0.29, 0.717) is 11.8 Å². The van der Waals surface area contributed by atoms with E-state index in [2.05, 4.69) is 5.32 Å². The summed E-state index contributed by atoms with van der Waals surface area (Å²) in [5.74, 6) is -2.43. The van der Waals surface area contributed by atoms with Crippen LogP contribution in [-0.4, -0.2) is 40.9 Å². The van der Waals surface area contributed by atoms with Crippen LogP contribution in [0, 0.1) is 12.8 Å². The van der Waals surface area contributed by atoms with Gasteiger partial charge in [-0.05, 0) is 44.7 Å². The van der Waals surface area contributed by atoms with Gasteiger partial charge in [0.15, 0.2) is 18.1 Å². The van der Waals surface area contributed by atoms with E-state index in [1.807, 2.05) is 0 Å². The summed E-state index contributed by atoms with van der Waals surface area (Å²) in [6.07, 6.45) is -1.08. The zero-order valence-corrected chi connectivity index (χ0v) is 21.2. The quantitative estimate of drug-likeness (QED) is 0.273. The summed E-state index contributed by atoms with van der Waals surface area (Å²) in [7, 11) is 0. The minimum absolute atomic E-state index is 0.0319. The van der Waals surface area contributed by atoms with Crippen LogP contribution in [0.4, 0.5) is 9.59 Å². The van der Waals surface area contributed by atoms with Crippen molar-refractivity contribution in [2.24, 2.45) is 5.92 Å². The number of carbonyl (C=O) groups is 4. The molecule has 0 radical (unpaired) electrons. The Hall–Kier alpha value is -3.74. The second kappa shape index (κ2) is 12.8. The van der Waals surface area contributed by atoms with Crippen molar-refractivity contribution in [3.63, 3.8) is 0 Å². The number of ether oxygens (including phenoxy) is 4. The Kier molecular flexibility index (Phi) is 10.1. The molecule has 1 N–H and O–H groups in total. The number of hydrogen-bond donors (Lipinski definition) is 1. The van der Waals surface area contributed by atoms with Gasteiger partial charge in [-0.2, -0.15) is 0 Å². The monoisotopic (exact) mass is 525 g/mol. The summed E-state index contributed by atoms with van der Waals surface area (Å²) >= 11 is 0.587. The van der Waals surface area contributed by atoms with Crippen LogP contribution in [0.2, 0.25) is 0 Å². The first-order chi connectivity index (χ1) is 16.9. The summed E-state index contributed by atoms with van der Waals surface area (Å²) in [6, 6.07) is 6.69. The molecule has 0 spiro atoms. The molecule has 1 heterocycles. The Morgan fingerprint density at radius 1 is 1.00 bits per heavy atom. The first-order valence-corrected chi connectivity index (χ1v) is 11.5. The standard InChI is InChI=1S/C23H27NO11S/c1-13(2)18(25)31-12-32-20(27)24-17(19(26)34-15-9-7-6-8-10-15)23(4,5)36-22(29)30-11-16-14(3)33-21(28)35-16/h6-10,13,17H,11-12H2,1-5H3,(H,24,27)/t17-/m0/s1. The fourth-order valence-corrected chi connectivity index (χ4v) is 3.40. The molecule has 0 saturated carbocycles. The molecule has 12 nitrogen and oxygen atoms in total. The smallest absolute Gasteiger partial charge is 0.449 e. The zero-order valence-electron chi connectivity index (χ0n) is 20.4. The molecule has 1 amide bonds. The van der Waals surface area contributed by atoms with Gasteiger partial charge in [0.2, 0.25) is 6.79 Å². The normalized spacial score (nSPS) is 11.9. The fourth-order valence-electron chi connectivity index (χ4n) is 2.58. The van der Waals surface area contributed by atoms with Gasteiger partial charge >= 0.3 is 29.2 Å². The number of benzene rings is 1. The lowest BCUT2D eigenvalue weighted by Gasteiger charge is -2.31. The second-order valence-electron chi connectivity index (χ2n) is 8.16. The summed E-state index contributed by atoms with van der Waals surface area (Å²) in [4.78, 5) is 60.4. The summed E-state index contributed by atoms with van der Waals surface area (Å²) < 4.78 is 28.2. The number of hydrogen-bond acceptors (Lipinski definition) is 12. The predicted molar refractivity (Wildman–Crippen MR) is 125 cm³/mol. The van der Waals surface area contributed by atoms with E-state index in [1.165, 1.54) is 32.9 Å². The first-order valence-electron chi connectivity index (χ1n) is 10.7. The van der Waals surface area contributed by atoms with Crippen LogP contribution in [0.5, 0.6) is 5.75 Å². The molecule has 13 heteroatoms. The number of nitrogens with one attached hydrogen (secondary N) is 1. The van der Waals surface area contributed by atoms with Crippen LogP contribution in [0.25, 0.3) is 0 Å². The van der Waals surface area contributed by atoms with Gasteiger partial charge < -0.3 is 33.1 Å². The highest BCUT2D eigenvalue weighted by molar-refractivity contribution is 8.14. The molecule has 0 saturated heterocycles. The number of para-hydroxylation sites is 1. The minimum atomic E-state index is -1.41. The van der Waals surface area contributed by atoms with E-state index in [1.54, 1.807) is 32.0 Å². The Bertz CT molecular complexity index is 1120. The van der Waals surface area contributed by atoms with Gasteiger partial charge in [0.1, 0.15) is 11.8 Å². The van der Waals surface area contributed by atoms with Crippen molar-refractivity contribution < 1.29 is 47.0 Å². The van der Waals surface area contributed by atoms with Crippen LogP contribution in [0.3, 0.4) is 0 Å². The van der Waals surface area contributed by atoms with Crippen molar-refractivity contribution in [2.75, 3.05) is 6.79 Å². The molecular weight excluding hydrogens is 498 g/mol. The molecule has 1 aromatic heterocycles. The Morgan fingerprint density at radius 2 is 1.67 bits per heavy atom. The molecular formula is C23H27NO11S. The molecule has 0 bridgehead atoms. The number of carbonyl (C=O) groups excluding carboxylic acids is 4. The molecule has 0 fully saturated rings. The Balaban J connectivity index is 2.08. The Labute approximate surface area is 210 Å². The average Bonchev–Trinajstić information content (AvgIpc) is 3.12. The molecule has 0 aliphatic heterocycles. The maximum Gasteiger partial charge on any atom is 0.519 e. The van der Waals surface area contributed by atoms with Crippen molar-refractivity contribution in [3.8, 4) is 5.75 Å². The molecule has 2 aromatic rings. The highest BCUT2D eigenvalue weighted by Gasteiger charge is 2.41. The van der Waals surface area contributed by atoms with Gasteiger partial charge in [-0.3, -0.25) is 4.79 Å². The van der Waals surface area contributed by atoms with E-state index in [4.69, 9.17) is 27.8 Å². The van der Waals surface area contributed by atoms with Crippen molar-refractivity contribution in [1.82, 2.24) is 5.32 Å². The van der Waals surface area contributed by atoms with E-state index < -0.39 is 52.7 Å². The number of alkyl carbamates (subject to hydrolysis) is 1. The van der Waals surface area contributed by atoms with Crippen LogP contribution in [-0.2, 0) is 30.4 Å². The molecule has 0 unspecified atom stereocenters. The Morgan fingerprint density at radius 3 is 2.25 bits per heavy atom. The van der Waals surface area contributed by atoms with Gasteiger partial charge in [0.05, 0.1) is 10.7 Å². The first kappa shape index (κ1) is 28.5. The maximum absolute atomic E-state index is 13.0. The number of rotatable bonds is 10.